The highest BCUT2D eigenvalue weighted by Crippen LogP contribution is 2.46. The monoisotopic (exact) mass is 663 g/mol. The summed E-state index contributed by atoms with van der Waals surface area (Å²) in [5.74, 6) is 0. The minimum atomic E-state index is 0.0560. The quantitative estimate of drug-likeness (QED) is 0.171. The van der Waals surface area contributed by atoms with Crippen LogP contribution >= 0.6 is 11.3 Å². The lowest BCUT2D eigenvalue weighted by atomic mass is 9.67. The van der Waals surface area contributed by atoms with Crippen LogP contribution in [0.4, 0.5) is 17.1 Å². The third kappa shape index (κ3) is 5.58. The van der Waals surface area contributed by atoms with Gasteiger partial charge in [0.1, 0.15) is 0 Å². The molecule has 1 fully saturated rings. The van der Waals surface area contributed by atoms with Crippen molar-refractivity contribution in [3.05, 3.63) is 175 Å². The zero-order valence-corrected chi connectivity index (χ0v) is 29.2. The van der Waals surface area contributed by atoms with Crippen LogP contribution in [-0.2, 0) is 5.41 Å². The fraction of sp³-hybridized carbons (Fsp3) is 0.167. The maximum atomic E-state index is 2.45. The average molecular weight is 664 g/mol. The molecular formula is C48H41NS. The van der Waals surface area contributed by atoms with Crippen molar-refractivity contribution in [1.29, 1.82) is 0 Å². The molecule has 0 amide bonds. The molecule has 0 spiro atoms. The number of fused-ring (bicyclic) bond motifs is 4. The highest BCUT2D eigenvalue weighted by Gasteiger charge is 2.34. The standard InChI is InChI=1S/C48H41NS/c1-2-12-31-48(32-13-3-1,38-19-8-5-9-20-38)39-24-27-40(28-25-39)49(41-26-23-35-15-10-11-18-37(35)33-41)42-29-30-44-46(34-42)50-45-22-14-21-43(47(44)45)36-16-6-4-7-17-36/h4-11,14-30,33-34H,1-3,12-13,31-32H2. The summed E-state index contributed by atoms with van der Waals surface area (Å²) in [6.45, 7) is 0. The smallest absolute Gasteiger partial charge is 0.0476 e. The first-order valence-electron chi connectivity index (χ1n) is 18.2. The predicted molar refractivity (Wildman–Crippen MR) is 216 cm³/mol. The topological polar surface area (TPSA) is 3.24 Å². The molecule has 7 aromatic carbocycles. The molecule has 1 nitrogen and oxygen atoms in total. The Labute approximate surface area is 299 Å². The molecule has 244 valence electrons. The molecule has 0 bridgehead atoms. The van der Waals surface area contributed by atoms with Gasteiger partial charge in [0.25, 0.3) is 0 Å². The van der Waals surface area contributed by atoms with Crippen LogP contribution < -0.4 is 4.90 Å². The predicted octanol–water partition coefficient (Wildman–Crippen LogP) is 14.4. The van der Waals surface area contributed by atoms with Crippen LogP contribution in [0.15, 0.2) is 164 Å². The second-order valence-corrected chi connectivity index (χ2v) is 15.0. The number of thiophene rings is 1. The molecule has 0 aliphatic heterocycles. The van der Waals surface area contributed by atoms with E-state index in [0.29, 0.717) is 0 Å². The second kappa shape index (κ2) is 13.3. The van der Waals surface area contributed by atoms with Crippen molar-refractivity contribution in [3.63, 3.8) is 0 Å². The van der Waals surface area contributed by atoms with E-state index >= 15 is 0 Å². The summed E-state index contributed by atoms with van der Waals surface area (Å²) in [7, 11) is 0. The Hall–Kier alpha value is -5.18. The Morgan fingerprint density at radius 3 is 1.84 bits per heavy atom. The van der Waals surface area contributed by atoms with E-state index in [-0.39, 0.29) is 5.41 Å². The van der Waals surface area contributed by atoms with E-state index in [4.69, 9.17) is 0 Å². The Bertz CT molecular complexity index is 2400. The molecule has 0 atom stereocenters. The first-order valence-corrected chi connectivity index (χ1v) is 19.0. The van der Waals surface area contributed by atoms with Gasteiger partial charge in [0.2, 0.25) is 0 Å². The van der Waals surface area contributed by atoms with Crippen LogP contribution in [-0.4, -0.2) is 0 Å². The Morgan fingerprint density at radius 1 is 0.440 bits per heavy atom. The fourth-order valence-electron chi connectivity index (χ4n) is 8.51. The summed E-state index contributed by atoms with van der Waals surface area (Å²) in [4.78, 5) is 2.45. The summed E-state index contributed by atoms with van der Waals surface area (Å²) < 4.78 is 2.63. The summed E-state index contributed by atoms with van der Waals surface area (Å²) in [5.41, 5.74) is 9.06. The van der Waals surface area contributed by atoms with Gasteiger partial charge in [-0.3, -0.25) is 0 Å². The van der Waals surface area contributed by atoms with Gasteiger partial charge in [0, 0.05) is 42.6 Å². The normalized spacial score (nSPS) is 14.8. The Balaban J connectivity index is 1.18. The molecule has 0 N–H and O–H groups in total. The van der Waals surface area contributed by atoms with Gasteiger partial charge in [-0.15, -0.1) is 11.3 Å². The van der Waals surface area contributed by atoms with Crippen molar-refractivity contribution in [3.8, 4) is 11.1 Å². The molecule has 8 aromatic rings. The van der Waals surface area contributed by atoms with E-state index in [1.165, 1.54) is 115 Å². The number of hydrogen-bond acceptors (Lipinski definition) is 2. The number of nitrogens with zero attached hydrogens (tertiary/aromatic N) is 1. The van der Waals surface area contributed by atoms with E-state index in [0.717, 1.165) is 0 Å². The molecule has 9 rings (SSSR count). The highest BCUT2D eigenvalue weighted by atomic mass is 32.1. The number of benzene rings is 7. The van der Waals surface area contributed by atoms with Gasteiger partial charge >= 0.3 is 0 Å². The Morgan fingerprint density at radius 2 is 1.06 bits per heavy atom. The van der Waals surface area contributed by atoms with Gasteiger partial charge in [-0.1, -0.05) is 153 Å². The maximum absolute atomic E-state index is 2.45. The lowest BCUT2D eigenvalue weighted by Crippen LogP contribution is -2.29. The molecule has 1 saturated carbocycles. The van der Waals surface area contributed by atoms with Gasteiger partial charge in [0.15, 0.2) is 0 Å². The van der Waals surface area contributed by atoms with Crippen LogP contribution in [0, 0.1) is 0 Å². The second-order valence-electron chi connectivity index (χ2n) is 14.0. The van der Waals surface area contributed by atoms with Gasteiger partial charge in [0.05, 0.1) is 0 Å². The number of hydrogen-bond donors (Lipinski definition) is 0. The van der Waals surface area contributed by atoms with Crippen molar-refractivity contribution < 1.29 is 0 Å². The molecule has 0 unspecified atom stereocenters. The summed E-state index contributed by atoms with van der Waals surface area (Å²) in [6.07, 6.45) is 8.99. The van der Waals surface area contributed by atoms with Crippen LogP contribution in [0.5, 0.6) is 0 Å². The third-order valence-electron chi connectivity index (χ3n) is 11.0. The van der Waals surface area contributed by atoms with E-state index < -0.39 is 0 Å². The van der Waals surface area contributed by atoms with Crippen LogP contribution in [0.25, 0.3) is 42.1 Å². The lowest BCUT2D eigenvalue weighted by molar-refractivity contribution is 0.366. The third-order valence-corrected chi connectivity index (χ3v) is 12.1. The van der Waals surface area contributed by atoms with Gasteiger partial charge < -0.3 is 4.90 Å². The molecule has 0 radical (unpaired) electrons. The molecule has 2 heteroatoms. The highest BCUT2D eigenvalue weighted by molar-refractivity contribution is 7.26. The minimum absolute atomic E-state index is 0.0560. The van der Waals surface area contributed by atoms with E-state index in [1.54, 1.807) is 0 Å². The summed E-state index contributed by atoms with van der Waals surface area (Å²) in [6, 6.07) is 61.1. The van der Waals surface area contributed by atoms with E-state index in [9.17, 15) is 0 Å². The average Bonchev–Trinajstić information content (AvgIpc) is 3.54. The molecule has 0 saturated heterocycles. The largest absolute Gasteiger partial charge is 0.310 e. The Kier molecular flexibility index (Phi) is 8.19. The fourth-order valence-corrected chi connectivity index (χ4v) is 9.68. The molecule has 1 heterocycles. The van der Waals surface area contributed by atoms with Gasteiger partial charge in [-0.2, -0.15) is 0 Å². The minimum Gasteiger partial charge on any atom is -0.310 e. The first kappa shape index (κ1) is 30.8. The van der Waals surface area contributed by atoms with Crippen LogP contribution in [0.1, 0.15) is 56.1 Å². The van der Waals surface area contributed by atoms with E-state index in [1.807, 2.05) is 11.3 Å². The van der Waals surface area contributed by atoms with Crippen LogP contribution in [0.2, 0.25) is 0 Å². The zero-order chi connectivity index (χ0) is 33.3. The molecule has 1 aliphatic rings. The van der Waals surface area contributed by atoms with Crippen LogP contribution in [0.3, 0.4) is 0 Å². The van der Waals surface area contributed by atoms with Crippen molar-refractivity contribution >= 4 is 59.3 Å². The number of rotatable bonds is 6. The summed E-state index contributed by atoms with van der Waals surface area (Å²) in [5, 5.41) is 5.17. The number of anilines is 3. The molecule has 1 aliphatic carbocycles. The lowest BCUT2D eigenvalue weighted by Gasteiger charge is -2.37. The zero-order valence-electron chi connectivity index (χ0n) is 28.4. The first-order chi connectivity index (χ1) is 24.8. The van der Waals surface area contributed by atoms with E-state index in [2.05, 4.69) is 169 Å². The van der Waals surface area contributed by atoms with Crippen molar-refractivity contribution in [1.82, 2.24) is 0 Å². The molecule has 50 heavy (non-hydrogen) atoms. The van der Waals surface area contributed by atoms with Gasteiger partial charge in [-0.05, 0) is 88.3 Å². The maximum Gasteiger partial charge on any atom is 0.0476 e. The SMILES string of the molecule is c1ccc(-c2cccc3sc4cc(N(c5ccc(C6(c7ccccc7)CCCCCCC6)cc5)c5ccc6ccccc6c5)ccc4c23)cc1. The van der Waals surface area contributed by atoms with Crippen molar-refractivity contribution in [2.45, 2.75) is 50.4 Å². The molecular weight excluding hydrogens is 623 g/mol. The summed E-state index contributed by atoms with van der Waals surface area (Å²) >= 11 is 1.89. The van der Waals surface area contributed by atoms with Crippen molar-refractivity contribution in [2.75, 3.05) is 4.90 Å². The van der Waals surface area contributed by atoms with Crippen molar-refractivity contribution in [2.24, 2.45) is 0 Å². The molecule has 1 aromatic heterocycles. The van der Waals surface area contributed by atoms with Gasteiger partial charge in [-0.25, -0.2) is 0 Å².